The lowest BCUT2D eigenvalue weighted by Crippen LogP contribution is -2.43. The van der Waals surface area contributed by atoms with Gasteiger partial charge < -0.3 is 15.5 Å². The Balaban J connectivity index is 1.35. The van der Waals surface area contributed by atoms with E-state index in [1.807, 2.05) is 29.8 Å². The van der Waals surface area contributed by atoms with Gasteiger partial charge in [0.15, 0.2) is 0 Å². The Morgan fingerprint density at radius 1 is 1.15 bits per heavy atom. The van der Waals surface area contributed by atoms with Crippen LogP contribution in [0, 0.1) is 0 Å². The first-order valence-corrected chi connectivity index (χ1v) is 11.7. The maximum atomic E-state index is 12.9. The summed E-state index contributed by atoms with van der Waals surface area (Å²) in [6.07, 6.45) is -0.706. The van der Waals surface area contributed by atoms with Gasteiger partial charge in [-0.2, -0.15) is 13.2 Å². The zero-order chi connectivity index (χ0) is 23.4. The Hall–Kier alpha value is -2.91. The van der Waals surface area contributed by atoms with Crippen LogP contribution >= 0.6 is 11.3 Å². The Labute approximate surface area is 194 Å². The average Bonchev–Trinajstić information content (AvgIpc) is 3.35. The molecule has 9 heteroatoms. The zero-order valence-electron chi connectivity index (χ0n) is 18.1. The minimum absolute atomic E-state index is 0.0310. The minimum Gasteiger partial charge on any atom is -0.371 e. The summed E-state index contributed by atoms with van der Waals surface area (Å²) < 4.78 is 38.8. The van der Waals surface area contributed by atoms with E-state index in [4.69, 9.17) is 0 Å². The summed E-state index contributed by atoms with van der Waals surface area (Å²) in [5, 5.41) is 9.43. The van der Waals surface area contributed by atoms with Gasteiger partial charge >= 0.3 is 6.18 Å². The van der Waals surface area contributed by atoms with Crippen molar-refractivity contribution in [3.63, 3.8) is 0 Å². The van der Waals surface area contributed by atoms with Crippen LogP contribution in [0.2, 0.25) is 0 Å². The highest BCUT2D eigenvalue weighted by Gasteiger charge is 2.31. The molecule has 0 saturated carbocycles. The number of carbonyl (C=O) groups is 1. The van der Waals surface area contributed by atoms with E-state index in [-0.39, 0.29) is 11.6 Å². The number of rotatable bonds is 6. The number of piperidine rings is 1. The Kier molecular flexibility index (Phi) is 6.99. The van der Waals surface area contributed by atoms with Gasteiger partial charge in [0.25, 0.3) is 5.91 Å². The fourth-order valence-electron chi connectivity index (χ4n) is 4.00. The van der Waals surface area contributed by atoms with Gasteiger partial charge in [-0.15, -0.1) is 11.3 Å². The number of aromatic nitrogens is 1. The third kappa shape index (κ3) is 5.91. The molecule has 1 fully saturated rings. The van der Waals surface area contributed by atoms with Crippen molar-refractivity contribution in [3.05, 3.63) is 76.2 Å². The molecule has 3 aromatic rings. The Morgan fingerprint density at radius 3 is 2.61 bits per heavy atom. The number of carbonyl (C=O) groups excluding carboxylic acids is 1. The van der Waals surface area contributed by atoms with Crippen LogP contribution in [0.1, 0.15) is 46.7 Å². The van der Waals surface area contributed by atoms with Crippen molar-refractivity contribution < 1.29 is 18.0 Å². The van der Waals surface area contributed by atoms with Crippen LogP contribution in [0.3, 0.4) is 0 Å². The maximum absolute atomic E-state index is 12.9. The second-order valence-corrected chi connectivity index (χ2v) is 9.03. The molecule has 1 aromatic heterocycles. The lowest BCUT2D eigenvalue weighted by atomic mass is 10.0. The van der Waals surface area contributed by atoms with Crippen LogP contribution in [0.15, 0.2) is 60.1 Å². The number of anilines is 2. The summed E-state index contributed by atoms with van der Waals surface area (Å²) in [5.41, 5.74) is 0.650. The van der Waals surface area contributed by atoms with Crippen molar-refractivity contribution in [3.8, 4) is 0 Å². The molecule has 2 heterocycles. The van der Waals surface area contributed by atoms with Gasteiger partial charge in [-0.1, -0.05) is 12.1 Å². The van der Waals surface area contributed by atoms with E-state index in [2.05, 4.69) is 27.4 Å². The van der Waals surface area contributed by atoms with Gasteiger partial charge in [-0.05, 0) is 56.2 Å². The van der Waals surface area contributed by atoms with Gasteiger partial charge in [0, 0.05) is 47.6 Å². The molecule has 1 aliphatic rings. The second kappa shape index (κ2) is 9.93. The number of halogens is 3. The highest BCUT2D eigenvalue weighted by molar-refractivity contribution is 7.09. The van der Waals surface area contributed by atoms with Crippen LogP contribution in [-0.4, -0.2) is 30.0 Å². The molecule has 1 amide bonds. The quantitative estimate of drug-likeness (QED) is 0.479. The smallest absolute Gasteiger partial charge is 0.371 e. The van der Waals surface area contributed by atoms with E-state index < -0.39 is 17.6 Å². The first-order valence-electron chi connectivity index (χ1n) is 10.8. The molecule has 5 nitrogen and oxygen atoms in total. The van der Waals surface area contributed by atoms with Gasteiger partial charge in [0.05, 0.1) is 11.6 Å². The topological polar surface area (TPSA) is 57.3 Å². The van der Waals surface area contributed by atoms with Crippen molar-refractivity contribution in [2.75, 3.05) is 23.3 Å². The SMILES string of the molecule is CC(NC1CCN(c2cccc(NC(=O)c3cccc(C(F)(F)F)c3)c2)CC1)c1nccs1. The number of thiazole rings is 1. The minimum atomic E-state index is -4.49. The first-order chi connectivity index (χ1) is 15.8. The standard InChI is InChI=1S/C24H25F3N4OS/c1-16(23-28-10-13-33-23)29-19-8-11-31(12-9-19)21-7-3-6-20(15-21)30-22(32)17-4-2-5-18(14-17)24(25,26)27/h2-7,10,13-16,19,29H,8-9,11-12H2,1H3,(H,30,32). The van der Waals surface area contributed by atoms with E-state index in [9.17, 15) is 18.0 Å². The van der Waals surface area contributed by atoms with E-state index in [1.54, 1.807) is 17.4 Å². The summed E-state index contributed by atoms with van der Waals surface area (Å²) in [7, 11) is 0. The van der Waals surface area contributed by atoms with Gasteiger partial charge in [-0.3, -0.25) is 4.79 Å². The Bertz CT molecular complexity index is 1080. The van der Waals surface area contributed by atoms with Crippen molar-refractivity contribution in [1.82, 2.24) is 10.3 Å². The third-order valence-electron chi connectivity index (χ3n) is 5.72. The number of amides is 1. The summed E-state index contributed by atoms with van der Waals surface area (Å²) in [6, 6.07) is 12.5. The van der Waals surface area contributed by atoms with Crippen molar-refractivity contribution >= 4 is 28.6 Å². The zero-order valence-corrected chi connectivity index (χ0v) is 18.9. The lowest BCUT2D eigenvalue weighted by Gasteiger charge is -2.35. The van der Waals surface area contributed by atoms with Crippen LogP contribution in [0.5, 0.6) is 0 Å². The van der Waals surface area contributed by atoms with Crippen LogP contribution < -0.4 is 15.5 Å². The molecular weight excluding hydrogens is 449 g/mol. The van der Waals surface area contributed by atoms with Gasteiger partial charge in [0.1, 0.15) is 5.01 Å². The molecule has 1 saturated heterocycles. The van der Waals surface area contributed by atoms with Crippen molar-refractivity contribution in [2.24, 2.45) is 0 Å². The molecule has 1 aliphatic heterocycles. The van der Waals surface area contributed by atoms with E-state index in [0.29, 0.717) is 11.7 Å². The van der Waals surface area contributed by atoms with Crippen molar-refractivity contribution in [1.29, 1.82) is 0 Å². The fourth-order valence-corrected chi connectivity index (χ4v) is 4.65. The normalized spacial score (nSPS) is 15.9. The summed E-state index contributed by atoms with van der Waals surface area (Å²) in [6.45, 7) is 3.86. The average molecular weight is 475 g/mol. The second-order valence-electron chi connectivity index (χ2n) is 8.10. The molecule has 1 unspecified atom stereocenters. The van der Waals surface area contributed by atoms with Crippen LogP contribution in [0.25, 0.3) is 0 Å². The number of alkyl halides is 3. The molecule has 33 heavy (non-hydrogen) atoms. The fraction of sp³-hybridized carbons (Fsp3) is 0.333. The number of benzene rings is 2. The highest BCUT2D eigenvalue weighted by atomic mass is 32.1. The molecule has 2 N–H and O–H groups in total. The number of hydrogen-bond acceptors (Lipinski definition) is 5. The molecule has 0 spiro atoms. The maximum Gasteiger partial charge on any atom is 0.416 e. The van der Waals surface area contributed by atoms with Crippen LogP contribution in [-0.2, 0) is 6.18 Å². The molecule has 0 bridgehead atoms. The van der Waals surface area contributed by atoms with E-state index in [1.165, 1.54) is 12.1 Å². The molecule has 0 aliphatic carbocycles. The van der Waals surface area contributed by atoms with Gasteiger partial charge in [-0.25, -0.2) is 4.98 Å². The largest absolute Gasteiger partial charge is 0.416 e. The summed E-state index contributed by atoms with van der Waals surface area (Å²) in [4.78, 5) is 19.1. The predicted octanol–water partition coefficient (Wildman–Crippen LogP) is 5.73. The van der Waals surface area contributed by atoms with E-state index >= 15 is 0 Å². The number of hydrogen-bond donors (Lipinski definition) is 2. The van der Waals surface area contributed by atoms with Gasteiger partial charge in [0.2, 0.25) is 0 Å². The first kappa shape index (κ1) is 23.3. The van der Waals surface area contributed by atoms with Crippen molar-refractivity contribution in [2.45, 2.75) is 38.0 Å². The highest BCUT2D eigenvalue weighted by Crippen LogP contribution is 2.30. The third-order valence-corrected chi connectivity index (χ3v) is 6.68. The Morgan fingerprint density at radius 2 is 1.91 bits per heavy atom. The number of nitrogens with zero attached hydrogens (tertiary/aromatic N) is 2. The number of nitrogens with one attached hydrogen (secondary N) is 2. The molecule has 0 radical (unpaired) electrons. The summed E-state index contributed by atoms with van der Waals surface area (Å²) in [5.74, 6) is -0.572. The van der Waals surface area contributed by atoms with Crippen LogP contribution in [0.4, 0.5) is 24.5 Å². The predicted molar refractivity (Wildman–Crippen MR) is 125 cm³/mol. The molecule has 1 atom stereocenters. The molecule has 4 rings (SSSR count). The lowest BCUT2D eigenvalue weighted by molar-refractivity contribution is -0.137. The van der Waals surface area contributed by atoms with E-state index in [0.717, 1.165) is 48.8 Å². The summed E-state index contributed by atoms with van der Waals surface area (Å²) >= 11 is 1.65. The molecule has 174 valence electrons. The molecular formula is C24H25F3N4OS. The molecule has 2 aromatic carbocycles. The monoisotopic (exact) mass is 474 g/mol.